The third-order valence-electron chi connectivity index (χ3n) is 4.28. The quantitative estimate of drug-likeness (QED) is 0.855. The topological polar surface area (TPSA) is 93.4 Å². The Morgan fingerprint density at radius 1 is 1.44 bits per heavy atom. The van der Waals surface area contributed by atoms with E-state index in [9.17, 15) is 4.79 Å². The zero-order valence-corrected chi connectivity index (χ0v) is 14.8. The smallest absolute Gasteiger partial charge is 0.242 e. The molecule has 25 heavy (non-hydrogen) atoms. The SMILES string of the molecule is CCOc1ncnc2c1CN([C@H](CC)C(=O)Nc1cc(C)on1)CC2. The molecule has 0 spiro atoms. The number of carbonyl (C=O) groups is 1. The van der Waals surface area contributed by atoms with Crippen molar-refractivity contribution in [1.29, 1.82) is 0 Å². The summed E-state index contributed by atoms with van der Waals surface area (Å²) in [5.74, 6) is 1.62. The molecule has 1 N–H and O–H groups in total. The van der Waals surface area contributed by atoms with E-state index in [-0.39, 0.29) is 11.9 Å². The van der Waals surface area contributed by atoms with Crippen molar-refractivity contribution in [3.05, 3.63) is 29.4 Å². The van der Waals surface area contributed by atoms with E-state index in [4.69, 9.17) is 9.26 Å². The second-order valence-corrected chi connectivity index (χ2v) is 5.99. The van der Waals surface area contributed by atoms with Crippen LogP contribution in [0.15, 0.2) is 16.9 Å². The average Bonchev–Trinajstić information content (AvgIpc) is 3.01. The number of aryl methyl sites for hydroxylation is 1. The molecule has 3 rings (SSSR count). The van der Waals surface area contributed by atoms with Crippen molar-refractivity contribution in [2.75, 3.05) is 18.5 Å². The van der Waals surface area contributed by atoms with Crippen LogP contribution in [0.5, 0.6) is 5.88 Å². The lowest BCUT2D eigenvalue weighted by Gasteiger charge is -2.33. The zero-order valence-electron chi connectivity index (χ0n) is 14.8. The normalized spacial score (nSPS) is 15.5. The molecule has 0 fully saturated rings. The molecule has 2 aromatic rings. The summed E-state index contributed by atoms with van der Waals surface area (Å²) in [5.41, 5.74) is 1.97. The van der Waals surface area contributed by atoms with Crippen LogP contribution in [-0.4, -0.2) is 45.1 Å². The van der Waals surface area contributed by atoms with Gasteiger partial charge in [-0.05, 0) is 20.3 Å². The van der Waals surface area contributed by atoms with Crippen molar-refractivity contribution in [1.82, 2.24) is 20.0 Å². The van der Waals surface area contributed by atoms with Crippen LogP contribution in [0.4, 0.5) is 5.82 Å². The van der Waals surface area contributed by atoms with Gasteiger partial charge in [-0.1, -0.05) is 12.1 Å². The molecule has 2 aromatic heterocycles. The predicted octanol–water partition coefficient (Wildman–Crippen LogP) is 1.95. The Morgan fingerprint density at radius 2 is 2.28 bits per heavy atom. The van der Waals surface area contributed by atoms with E-state index in [1.807, 2.05) is 13.8 Å². The highest BCUT2D eigenvalue weighted by Crippen LogP contribution is 2.26. The number of rotatable bonds is 6. The predicted molar refractivity (Wildman–Crippen MR) is 91.3 cm³/mol. The lowest BCUT2D eigenvalue weighted by atomic mass is 10.0. The van der Waals surface area contributed by atoms with Gasteiger partial charge in [0.2, 0.25) is 11.8 Å². The number of nitrogens with zero attached hydrogens (tertiary/aromatic N) is 4. The van der Waals surface area contributed by atoms with Gasteiger partial charge in [-0.2, -0.15) is 0 Å². The number of hydrogen-bond acceptors (Lipinski definition) is 7. The van der Waals surface area contributed by atoms with Crippen LogP contribution in [0.25, 0.3) is 0 Å². The van der Waals surface area contributed by atoms with Gasteiger partial charge in [-0.3, -0.25) is 9.69 Å². The molecule has 8 nitrogen and oxygen atoms in total. The first-order valence-corrected chi connectivity index (χ1v) is 8.56. The van der Waals surface area contributed by atoms with Crippen LogP contribution in [0.3, 0.4) is 0 Å². The molecule has 0 bridgehead atoms. The Balaban J connectivity index is 1.75. The van der Waals surface area contributed by atoms with Gasteiger partial charge in [-0.15, -0.1) is 0 Å². The largest absolute Gasteiger partial charge is 0.478 e. The maximum atomic E-state index is 12.7. The van der Waals surface area contributed by atoms with Crippen molar-refractivity contribution in [3.8, 4) is 5.88 Å². The highest BCUT2D eigenvalue weighted by molar-refractivity contribution is 5.94. The molecular weight excluding hydrogens is 322 g/mol. The molecule has 1 amide bonds. The van der Waals surface area contributed by atoms with Gasteiger partial charge >= 0.3 is 0 Å². The average molecular weight is 345 g/mol. The van der Waals surface area contributed by atoms with Crippen LogP contribution < -0.4 is 10.1 Å². The minimum absolute atomic E-state index is 0.0888. The summed E-state index contributed by atoms with van der Waals surface area (Å²) in [6.45, 7) is 7.62. The molecule has 1 aliphatic rings. The van der Waals surface area contributed by atoms with Gasteiger partial charge < -0.3 is 14.6 Å². The second-order valence-electron chi connectivity index (χ2n) is 5.99. The first-order chi connectivity index (χ1) is 12.1. The number of amides is 1. The van der Waals surface area contributed by atoms with E-state index in [2.05, 4.69) is 25.3 Å². The number of nitrogens with one attached hydrogen (secondary N) is 1. The summed E-state index contributed by atoms with van der Waals surface area (Å²) in [6.07, 6.45) is 3.00. The van der Waals surface area contributed by atoms with Gasteiger partial charge in [-0.25, -0.2) is 9.97 Å². The molecule has 0 radical (unpaired) electrons. The summed E-state index contributed by atoms with van der Waals surface area (Å²) >= 11 is 0. The first-order valence-electron chi connectivity index (χ1n) is 8.56. The fourth-order valence-corrected chi connectivity index (χ4v) is 3.11. The van der Waals surface area contributed by atoms with Crippen LogP contribution in [0.1, 0.15) is 37.3 Å². The van der Waals surface area contributed by atoms with E-state index in [0.717, 1.165) is 24.2 Å². The lowest BCUT2D eigenvalue weighted by molar-refractivity contribution is -0.121. The molecule has 0 aliphatic carbocycles. The number of hydrogen-bond donors (Lipinski definition) is 1. The molecule has 8 heteroatoms. The summed E-state index contributed by atoms with van der Waals surface area (Å²) in [5, 5.41) is 6.65. The summed E-state index contributed by atoms with van der Waals surface area (Å²) < 4.78 is 10.6. The molecule has 1 atom stereocenters. The monoisotopic (exact) mass is 345 g/mol. The van der Waals surface area contributed by atoms with Crippen molar-refractivity contribution in [3.63, 3.8) is 0 Å². The van der Waals surface area contributed by atoms with Gasteiger partial charge in [0, 0.05) is 31.1 Å². The molecule has 1 aliphatic heterocycles. The molecule has 0 unspecified atom stereocenters. The van der Waals surface area contributed by atoms with Gasteiger partial charge in [0.05, 0.1) is 18.3 Å². The highest BCUT2D eigenvalue weighted by atomic mass is 16.5. The first kappa shape index (κ1) is 17.3. The molecule has 134 valence electrons. The summed E-state index contributed by atoms with van der Waals surface area (Å²) in [7, 11) is 0. The Kier molecular flexibility index (Phi) is 5.28. The Morgan fingerprint density at radius 3 is 2.96 bits per heavy atom. The van der Waals surface area contributed by atoms with Crippen molar-refractivity contribution >= 4 is 11.7 Å². The van der Waals surface area contributed by atoms with Crippen LogP contribution >= 0.6 is 0 Å². The van der Waals surface area contributed by atoms with Crippen LogP contribution in [0, 0.1) is 6.92 Å². The lowest BCUT2D eigenvalue weighted by Crippen LogP contribution is -2.46. The second kappa shape index (κ2) is 7.60. The van der Waals surface area contributed by atoms with E-state index < -0.39 is 0 Å². The fraction of sp³-hybridized carbons (Fsp3) is 0.529. The van der Waals surface area contributed by atoms with E-state index in [1.54, 1.807) is 13.0 Å². The van der Waals surface area contributed by atoms with E-state index in [0.29, 0.717) is 37.0 Å². The number of carbonyl (C=O) groups excluding carboxylic acids is 1. The number of aromatic nitrogens is 3. The molecule has 0 saturated carbocycles. The molecular formula is C17H23N5O3. The number of ether oxygens (including phenoxy) is 1. The van der Waals surface area contributed by atoms with Crippen molar-refractivity contribution < 1.29 is 14.1 Å². The third-order valence-corrected chi connectivity index (χ3v) is 4.28. The van der Waals surface area contributed by atoms with Crippen molar-refractivity contribution in [2.45, 2.75) is 46.2 Å². The molecule has 0 saturated heterocycles. The fourth-order valence-electron chi connectivity index (χ4n) is 3.11. The standard InChI is InChI=1S/C17H23N5O3/c1-4-14(16(23)20-15-8-11(3)25-21-15)22-7-6-13-12(9-22)17(24-5-2)19-10-18-13/h8,10,14H,4-7,9H2,1-3H3,(H,20,21,23)/t14-/m1/s1. The number of fused-ring (bicyclic) bond motifs is 1. The maximum Gasteiger partial charge on any atom is 0.242 e. The molecule has 3 heterocycles. The summed E-state index contributed by atoms with van der Waals surface area (Å²) in [6, 6.07) is 1.44. The Hall–Kier alpha value is -2.48. The molecule has 0 aromatic carbocycles. The zero-order chi connectivity index (χ0) is 17.8. The minimum atomic E-state index is -0.264. The van der Waals surface area contributed by atoms with Crippen LogP contribution in [0.2, 0.25) is 0 Å². The Labute approximate surface area is 146 Å². The van der Waals surface area contributed by atoms with E-state index in [1.165, 1.54) is 6.33 Å². The van der Waals surface area contributed by atoms with Crippen LogP contribution in [-0.2, 0) is 17.8 Å². The van der Waals surface area contributed by atoms with E-state index >= 15 is 0 Å². The Bertz CT molecular complexity index is 746. The third kappa shape index (κ3) is 3.79. The highest BCUT2D eigenvalue weighted by Gasteiger charge is 2.30. The maximum absolute atomic E-state index is 12.7. The van der Waals surface area contributed by atoms with Gasteiger partial charge in [0.15, 0.2) is 5.82 Å². The van der Waals surface area contributed by atoms with Gasteiger partial charge in [0.1, 0.15) is 12.1 Å². The minimum Gasteiger partial charge on any atom is -0.478 e. The van der Waals surface area contributed by atoms with Gasteiger partial charge in [0.25, 0.3) is 0 Å². The van der Waals surface area contributed by atoms with Crippen molar-refractivity contribution in [2.24, 2.45) is 0 Å². The summed E-state index contributed by atoms with van der Waals surface area (Å²) in [4.78, 5) is 23.4. The number of anilines is 1.